The SMILES string of the molecule is COc1cccc(Oc2ccc(C#N)c(F)c2)c1C(C)N. The van der Waals surface area contributed by atoms with Gasteiger partial charge in [0.25, 0.3) is 0 Å². The Balaban J connectivity index is 2.40. The molecule has 21 heavy (non-hydrogen) atoms. The number of rotatable bonds is 4. The minimum Gasteiger partial charge on any atom is -0.496 e. The Bertz CT molecular complexity index is 693. The van der Waals surface area contributed by atoms with Crippen LogP contribution in [0.3, 0.4) is 0 Å². The maximum atomic E-state index is 13.6. The summed E-state index contributed by atoms with van der Waals surface area (Å²) in [5.41, 5.74) is 6.61. The predicted molar refractivity (Wildman–Crippen MR) is 76.8 cm³/mol. The van der Waals surface area contributed by atoms with E-state index in [0.29, 0.717) is 22.8 Å². The molecule has 0 heterocycles. The second kappa shape index (κ2) is 6.25. The zero-order valence-corrected chi connectivity index (χ0v) is 11.8. The van der Waals surface area contributed by atoms with Crippen molar-refractivity contribution in [3.05, 3.63) is 53.3 Å². The lowest BCUT2D eigenvalue weighted by molar-refractivity contribution is 0.397. The summed E-state index contributed by atoms with van der Waals surface area (Å²) in [5, 5.41) is 8.72. The number of hydrogen-bond donors (Lipinski definition) is 1. The monoisotopic (exact) mass is 286 g/mol. The van der Waals surface area contributed by atoms with Gasteiger partial charge in [-0.05, 0) is 31.2 Å². The Hall–Kier alpha value is -2.58. The van der Waals surface area contributed by atoms with Gasteiger partial charge in [0.15, 0.2) is 0 Å². The van der Waals surface area contributed by atoms with Crippen LogP contribution in [0.2, 0.25) is 0 Å². The zero-order chi connectivity index (χ0) is 15.4. The standard InChI is InChI=1S/C16H15FN2O2/c1-10(19)16-14(20-2)4-3-5-15(16)21-12-7-6-11(9-18)13(17)8-12/h3-8,10H,19H2,1-2H3. The van der Waals surface area contributed by atoms with Gasteiger partial charge in [-0.15, -0.1) is 0 Å². The van der Waals surface area contributed by atoms with Crippen molar-refractivity contribution in [3.8, 4) is 23.3 Å². The lowest BCUT2D eigenvalue weighted by atomic mass is 10.1. The van der Waals surface area contributed by atoms with Gasteiger partial charge in [0, 0.05) is 12.1 Å². The molecule has 5 heteroatoms. The minimum atomic E-state index is -0.625. The molecule has 1 unspecified atom stereocenters. The van der Waals surface area contributed by atoms with Crippen molar-refractivity contribution in [2.75, 3.05) is 7.11 Å². The summed E-state index contributed by atoms with van der Waals surface area (Å²) in [5.74, 6) is 0.770. The van der Waals surface area contributed by atoms with Gasteiger partial charge in [-0.3, -0.25) is 0 Å². The van der Waals surface area contributed by atoms with Gasteiger partial charge in [0.1, 0.15) is 29.1 Å². The lowest BCUT2D eigenvalue weighted by Crippen LogP contribution is -2.08. The molecule has 4 nitrogen and oxygen atoms in total. The van der Waals surface area contributed by atoms with E-state index in [1.165, 1.54) is 18.2 Å². The summed E-state index contributed by atoms with van der Waals surface area (Å²) >= 11 is 0. The highest BCUT2D eigenvalue weighted by Crippen LogP contribution is 2.35. The summed E-state index contributed by atoms with van der Waals surface area (Å²) in [6.45, 7) is 1.81. The average Bonchev–Trinajstić information content (AvgIpc) is 2.46. The fourth-order valence-electron chi connectivity index (χ4n) is 2.02. The first-order chi connectivity index (χ1) is 10.1. The van der Waals surface area contributed by atoms with Gasteiger partial charge in [0.05, 0.1) is 18.2 Å². The molecule has 0 spiro atoms. The van der Waals surface area contributed by atoms with E-state index < -0.39 is 5.82 Å². The molecular weight excluding hydrogens is 271 g/mol. The second-order valence-electron chi connectivity index (χ2n) is 4.52. The molecule has 0 fully saturated rings. The molecule has 0 aliphatic heterocycles. The highest BCUT2D eigenvalue weighted by Gasteiger charge is 2.15. The van der Waals surface area contributed by atoms with Crippen LogP contribution >= 0.6 is 0 Å². The summed E-state index contributed by atoms with van der Waals surface area (Å²) in [4.78, 5) is 0. The van der Waals surface area contributed by atoms with E-state index in [2.05, 4.69) is 0 Å². The van der Waals surface area contributed by atoms with E-state index in [-0.39, 0.29) is 11.6 Å². The summed E-state index contributed by atoms with van der Waals surface area (Å²) in [7, 11) is 1.55. The molecule has 0 aliphatic rings. The second-order valence-corrected chi connectivity index (χ2v) is 4.52. The zero-order valence-electron chi connectivity index (χ0n) is 11.8. The van der Waals surface area contributed by atoms with Crippen LogP contribution in [-0.4, -0.2) is 7.11 Å². The lowest BCUT2D eigenvalue weighted by Gasteiger charge is -2.17. The number of methoxy groups -OCH3 is 1. The largest absolute Gasteiger partial charge is 0.496 e. The van der Waals surface area contributed by atoms with Crippen LogP contribution in [-0.2, 0) is 0 Å². The Labute approximate surface area is 122 Å². The topological polar surface area (TPSA) is 68.3 Å². The molecule has 0 aliphatic carbocycles. The maximum Gasteiger partial charge on any atom is 0.144 e. The van der Waals surface area contributed by atoms with E-state index in [1.807, 2.05) is 6.92 Å². The minimum absolute atomic E-state index is 0.0274. The van der Waals surface area contributed by atoms with Crippen molar-refractivity contribution >= 4 is 0 Å². The molecule has 0 bridgehead atoms. The molecule has 2 N–H and O–H groups in total. The molecular formula is C16H15FN2O2. The maximum absolute atomic E-state index is 13.6. The van der Waals surface area contributed by atoms with Crippen LogP contribution in [0.25, 0.3) is 0 Å². The number of halogens is 1. The molecule has 2 aromatic carbocycles. The van der Waals surface area contributed by atoms with Crippen LogP contribution in [0, 0.1) is 17.1 Å². The third-order valence-electron chi connectivity index (χ3n) is 2.99. The van der Waals surface area contributed by atoms with Crippen molar-refractivity contribution in [2.24, 2.45) is 5.73 Å². The molecule has 0 radical (unpaired) electrons. The normalized spacial score (nSPS) is 11.6. The van der Waals surface area contributed by atoms with Gasteiger partial charge in [-0.1, -0.05) is 6.07 Å². The van der Waals surface area contributed by atoms with E-state index in [0.717, 1.165) is 0 Å². The van der Waals surface area contributed by atoms with Crippen LogP contribution in [0.1, 0.15) is 24.1 Å². The van der Waals surface area contributed by atoms with Crippen LogP contribution in [0.4, 0.5) is 4.39 Å². The highest BCUT2D eigenvalue weighted by molar-refractivity contribution is 5.49. The Morgan fingerprint density at radius 2 is 1.95 bits per heavy atom. The molecule has 2 rings (SSSR count). The fourth-order valence-corrected chi connectivity index (χ4v) is 2.02. The number of hydrogen-bond acceptors (Lipinski definition) is 4. The Morgan fingerprint density at radius 3 is 2.52 bits per heavy atom. The quantitative estimate of drug-likeness (QED) is 0.933. The molecule has 0 saturated heterocycles. The van der Waals surface area contributed by atoms with E-state index in [4.69, 9.17) is 20.5 Å². The number of nitrogens with zero attached hydrogens (tertiary/aromatic N) is 1. The van der Waals surface area contributed by atoms with Gasteiger partial charge >= 0.3 is 0 Å². The van der Waals surface area contributed by atoms with Crippen molar-refractivity contribution in [1.29, 1.82) is 5.26 Å². The molecule has 0 saturated carbocycles. The van der Waals surface area contributed by atoms with Crippen LogP contribution < -0.4 is 15.2 Å². The Kier molecular flexibility index (Phi) is 4.41. The first-order valence-electron chi connectivity index (χ1n) is 6.36. The van der Waals surface area contributed by atoms with Gasteiger partial charge < -0.3 is 15.2 Å². The number of nitriles is 1. The first-order valence-corrected chi connectivity index (χ1v) is 6.36. The number of ether oxygens (including phenoxy) is 2. The number of nitrogens with two attached hydrogens (primary N) is 1. The molecule has 0 aromatic heterocycles. The summed E-state index contributed by atoms with van der Waals surface area (Å²) in [6, 6.07) is 10.8. The molecule has 108 valence electrons. The van der Waals surface area contributed by atoms with Crippen LogP contribution in [0.15, 0.2) is 36.4 Å². The Morgan fingerprint density at radius 1 is 1.24 bits per heavy atom. The average molecular weight is 286 g/mol. The highest BCUT2D eigenvalue weighted by atomic mass is 19.1. The van der Waals surface area contributed by atoms with E-state index in [9.17, 15) is 4.39 Å². The van der Waals surface area contributed by atoms with Gasteiger partial charge in [0.2, 0.25) is 0 Å². The van der Waals surface area contributed by atoms with Crippen molar-refractivity contribution in [2.45, 2.75) is 13.0 Å². The number of benzene rings is 2. The third-order valence-corrected chi connectivity index (χ3v) is 2.99. The van der Waals surface area contributed by atoms with E-state index in [1.54, 1.807) is 31.4 Å². The van der Waals surface area contributed by atoms with Gasteiger partial charge in [-0.25, -0.2) is 4.39 Å². The predicted octanol–water partition coefficient (Wildman–Crippen LogP) is 3.52. The molecule has 0 amide bonds. The van der Waals surface area contributed by atoms with Crippen molar-refractivity contribution in [1.82, 2.24) is 0 Å². The van der Waals surface area contributed by atoms with E-state index >= 15 is 0 Å². The van der Waals surface area contributed by atoms with Crippen molar-refractivity contribution in [3.63, 3.8) is 0 Å². The third kappa shape index (κ3) is 3.12. The molecule has 2 aromatic rings. The molecule has 1 atom stereocenters. The smallest absolute Gasteiger partial charge is 0.144 e. The summed E-state index contributed by atoms with van der Waals surface area (Å²) < 4.78 is 24.6. The van der Waals surface area contributed by atoms with Crippen LogP contribution in [0.5, 0.6) is 17.2 Å². The summed E-state index contributed by atoms with van der Waals surface area (Å²) in [6.07, 6.45) is 0. The fraction of sp³-hybridized carbons (Fsp3) is 0.188. The van der Waals surface area contributed by atoms with Crippen molar-refractivity contribution < 1.29 is 13.9 Å². The van der Waals surface area contributed by atoms with Gasteiger partial charge in [-0.2, -0.15) is 5.26 Å². The first kappa shape index (κ1) is 14.8.